The highest BCUT2D eigenvalue weighted by atomic mass is 15.3. The van der Waals surface area contributed by atoms with Gasteiger partial charge in [-0.05, 0) is 32.1 Å². The molecule has 1 fully saturated rings. The summed E-state index contributed by atoms with van der Waals surface area (Å²) in [6.07, 6.45) is 0.401. The number of nitrogens with one attached hydrogen (secondary N) is 1. The Hall–Kier alpha value is -0.900. The molecule has 0 amide bonds. The molecule has 1 aromatic carbocycles. The molecule has 17 heavy (non-hydrogen) atoms. The van der Waals surface area contributed by atoms with Crippen LogP contribution in [0.4, 0.5) is 0 Å². The summed E-state index contributed by atoms with van der Waals surface area (Å²) in [6, 6.07) is 8.71. The fraction of sp³-hybridized carbons (Fsp3) is 0.571. The van der Waals surface area contributed by atoms with Gasteiger partial charge in [-0.1, -0.05) is 24.3 Å². The molecule has 1 atom stereocenters. The summed E-state index contributed by atoms with van der Waals surface area (Å²) in [5.41, 5.74) is 2.81. The van der Waals surface area contributed by atoms with Gasteiger partial charge in [0.15, 0.2) is 0 Å². The SMILES string of the molecule is Cc1ccccc1C(N(C)C)N1CCNCC1. The standard InChI is InChI=1S/C14H23N3/c1-12-6-4-5-7-13(12)14(16(2)3)17-10-8-15-9-11-17/h4-7,14-15H,8-11H2,1-3H3. The molecule has 1 unspecified atom stereocenters. The smallest absolute Gasteiger partial charge is 0.0884 e. The van der Waals surface area contributed by atoms with E-state index in [2.05, 4.69) is 60.4 Å². The lowest BCUT2D eigenvalue weighted by Gasteiger charge is -2.39. The van der Waals surface area contributed by atoms with E-state index in [1.165, 1.54) is 11.1 Å². The zero-order chi connectivity index (χ0) is 12.3. The number of aryl methyl sites for hydroxylation is 1. The first-order valence-corrected chi connectivity index (χ1v) is 6.37. The average molecular weight is 233 g/mol. The molecule has 0 aliphatic carbocycles. The second-order valence-electron chi connectivity index (χ2n) is 4.98. The zero-order valence-electron chi connectivity index (χ0n) is 11.1. The lowest BCUT2D eigenvalue weighted by atomic mass is 10.0. The van der Waals surface area contributed by atoms with E-state index in [0.717, 1.165) is 26.2 Å². The molecule has 1 aromatic rings. The summed E-state index contributed by atoms with van der Waals surface area (Å²) in [5.74, 6) is 0. The molecule has 3 heteroatoms. The summed E-state index contributed by atoms with van der Waals surface area (Å²) < 4.78 is 0. The molecule has 0 radical (unpaired) electrons. The summed E-state index contributed by atoms with van der Waals surface area (Å²) >= 11 is 0. The largest absolute Gasteiger partial charge is 0.314 e. The van der Waals surface area contributed by atoms with Gasteiger partial charge in [0.1, 0.15) is 0 Å². The quantitative estimate of drug-likeness (QED) is 0.853. The normalized spacial score (nSPS) is 19.5. The van der Waals surface area contributed by atoms with Crippen molar-refractivity contribution in [2.45, 2.75) is 13.1 Å². The molecule has 0 spiro atoms. The van der Waals surface area contributed by atoms with Gasteiger partial charge in [0.05, 0.1) is 6.17 Å². The Morgan fingerprint density at radius 1 is 1.18 bits per heavy atom. The van der Waals surface area contributed by atoms with E-state index in [1.54, 1.807) is 0 Å². The monoisotopic (exact) mass is 233 g/mol. The van der Waals surface area contributed by atoms with Gasteiger partial charge in [0.25, 0.3) is 0 Å². The number of rotatable bonds is 3. The predicted octanol–water partition coefficient (Wildman–Crippen LogP) is 1.46. The molecule has 1 aliphatic rings. The lowest BCUT2D eigenvalue weighted by molar-refractivity contribution is 0.0668. The van der Waals surface area contributed by atoms with Gasteiger partial charge in [0.2, 0.25) is 0 Å². The van der Waals surface area contributed by atoms with E-state index in [4.69, 9.17) is 0 Å². The Kier molecular flexibility index (Phi) is 4.15. The Morgan fingerprint density at radius 2 is 1.82 bits per heavy atom. The maximum absolute atomic E-state index is 3.41. The molecular formula is C14H23N3. The van der Waals surface area contributed by atoms with Gasteiger partial charge in [-0.3, -0.25) is 9.80 Å². The fourth-order valence-corrected chi connectivity index (χ4v) is 2.60. The third-order valence-electron chi connectivity index (χ3n) is 3.45. The number of hydrogen-bond donors (Lipinski definition) is 1. The zero-order valence-corrected chi connectivity index (χ0v) is 11.1. The highest BCUT2D eigenvalue weighted by Crippen LogP contribution is 2.25. The van der Waals surface area contributed by atoms with E-state index < -0.39 is 0 Å². The minimum atomic E-state index is 0.401. The van der Waals surface area contributed by atoms with E-state index in [1.807, 2.05) is 0 Å². The molecule has 0 bridgehead atoms. The van der Waals surface area contributed by atoms with E-state index in [9.17, 15) is 0 Å². The molecule has 2 rings (SSSR count). The molecule has 1 aliphatic heterocycles. The van der Waals surface area contributed by atoms with Crippen LogP contribution in [0.2, 0.25) is 0 Å². The molecule has 3 nitrogen and oxygen atoms in total. The van der Waals surface area contributed by atoms with Gasteiger partial charge < -0.3 is 5.32 Å². The van der Waals surface area contributed by atoms with E-state index in [0.29, 0.717) is 6.17 Å². The summed E-state index contributed by atoms with van der Waals surface area (Å²) in [6.45, 7) is 6.63. The van der Waals surface area contributed by atoms with Crippen molar-refractivity contribution in [1.29, 1.82) is 0 Å². The van der Waals surface area contributed by atoms with Crippen molar-refractivity contribution >= 4 is 0 Å². The van der Waals surface area contributed by atoms with Crippen LogP contribution in [-0.2, 0) is 0 Å². The Balaban J connectivity index is 2.25. The molecule has 0 aromatic heterocycles. The van der Waals surface area contributed by atoms with Gasteiger partial charge in [0, 0.05) is 26.2 Å². The average Bonchev–Trinajstić information content (AvgIpc) is 2.33. The van der Waals surface area contributed by atoms with Crippen molar-refractivity contribution < 1.29 is 0 Å². The van der Waals surface area contributed by atoms with Crippen molar-refractivity contribution in [3.05, 3.63) is 35.4 Å². The second kappa shape index (κ2) is 5.63. The first kappa shape index (κ1) is 12.6. The molecule has 94 valence electrons. The maximum atomic E-state index is 3.41. The minimum Gasteiger partial charge on any atom is -0.314 e. The molecule has 1 saturated heterocycles. The van der Waals surface area contributed by atoms with Crippen LogP contribution in [-0.4, -0.2) is 50.1 Å². The number of piperazine rings is 1. The van der Waals surface area contributed by atoms with E-state index in [-0.39, 0.29) is 0 Å². The van der Waals surface area contributed by atoms with Gasteiger partial charge >= 0.3 is 0 Å². The minimum absolute atomic E-state index is 0.401. The van der Waals surface area contributed by atoms with Crippen molar-refractivity contribution in [2.75, 3.05) is 40.3 Å². The molecule has 1 heterocycles. The fourth-order valence-electron chi connectivity index (χ4n) is 2.60. The van der Waals surface area contributed by atoms with Crippen LogP contribution in [0.15, 0.2) is 24.3 Å². The number of benzene rings is 1. The number of nitrogens with zero attached hydrogens (tertiary/aromatic N) is 2. The Bertz CT molecular complexity index is 356. The third-order valence-corrected chi connectivity index (χ3v) is 3.45. The predicted molar refractivity (Wildman–Crippen MR) is 72.0 cm³/mol. The summed E-state index contributed by atoms with van der Waals surface area (Å²) in [7, 11) is 4.33. The molecule has 0 saturated carbocycles. The van der Waals surface area contributed by atoms with Gasteiger partial charge in [-0.25, -0.2) is 0 Å². The van der Waals surface area contributed by atoms with Crippen LogP contribution >= 0.6 is 0 Å². The topological polar surface area (TPSA) is 18.5 Å². The second-order valence-corrected chi connectivity index (χ2v) is 4.98. The van der Waals surface area contributed by atoms with Gasteiger partial charge in [-0.2, -0.15) is 0 Å². The van der Waals surface area contributed by atoms with Crippen LogP contribution in [0.3, 0.4) is 0 Å². The molecule has 1 N–H and O–H groups in total. The maximum Gasteiger partial charge on any atom is 0.0884 e. The van der Waals surface area contributed by atoms with Crippen LogP contribution < -0.4 is 5.32 Å². The molecular weight excluding hydrogens is 210 g/mol. The van der Waals surface area contributed by atoms with Gasteiger partial charge in [-0.15, -0.1) is 0 Å². The van der Waals surface area contributed by atoms with Crippen molar-refractivity contribution in [3.8, 4) is 0 Å². The van der Waals surface area contributed by atoms with Crippen molar-refractivity contribution in [1.82, 2.24) is 15.1 Å². The number of hydrogen-bond acceptors (Lipinski definition) is 3. The summed E-state index contributed by atoms with van der Waals surface area (Å²) in [4.78, 5) is 4.87. The highest BCUT2D eigenvalue weighted by molar-refractivity contribution is 5.28. The Morgan fingerprint density at radius 3 is 2.41 bits per heavy atom. The van der Waals surface area contributed by atoms with E-state index >= 15 is 0 Å². The first-order valence-electron chi connectivity index (χ1n) is 6.37. The highest BCUT2D eigenvalue weighted by Gasteiger charge is 2.24. The third kappa shape index (κ3) is 2.86. The lowest BCUT2D eigenvalue weighted by Crippen LogP contribution is -2.48. The summed E-state index contributed by atoms with van der Waals surface area (Å²) in [5, 5.41) is 3.41. The van der Waals surface area contributed by atoms with Crippen LogP contribution in [0.1, 0.15) is 17.3 Å². The van der Waals surface area contributed by atoms with Crippen LogP contribution in [0, 0.1) is 6.92 Å². The van der Waals surface area contributed by atoms with Crippen LogP contribution in [0.5, 0.6) is 0 Å². The Labute approximate surface area is 104 Å². The van der Waals surface area contributed by atoms with Crippen molar-refractivity contribution in [3.63, 3.8) is 0 Å². The first-order chi connectivity index (χ1) is 8.20. The van der Waals surface area contributed by atoms with Crippen molar-refractivity contribution in [2.24, 2.45) is 0 Å². The van der Waals surface area contributed by atoms with Crippen LogP contribution in [0.25, 0.3) is 0 Å².